The molecule has 30 heavy (non-hydrogen) atoms. The maximum Gasteiger partial charge on any atom is 0.397 e. The molecule has 3 aliphatic carbocycles. The molecule has 0 bridgehead atoms. The van der Waals surface area contributed by atoms with Gasteiger partial charge in [0.25, 0.3) is 0 Å². The van der Waals surface area contributed by atoms with Crippen molar-refractivity contribution in [2.75, 3.05) is 0 Å². The van der Waals surface area contributed by atoms with Gasteiger partial charge < -0.3 is 4.74 Å². The van der Waals surface area contributed by atoms with Gasteiger partial charge in [0.2, 0.25) is 0 Å². The zero-order chi connectivity index (χ0) is 22.3. The molecule has 4 rings (SSSR count). The van der Waals surface area contributed by atoms with Gasteiger partial charge in [0.15, 0.2) is 0 Å². The molecule has 0 aromatic heterocycles. The summed E-state index contributed by atoms with van der Waals surface area (Å²) in [5, 5.41) is 0. The number of esters is 1. The second-order valence-electron chi connectivity index (χ2n) is 10.3. The highest BCUT2D eigenvalue weighted by atomic mass is 32.3. The van der Waals surface area contributed by atoms with E-state index in [9.17, 15) is 17.8 Å². The lowest BCUT2D eigenvalue weighted by Gasteiger charge is -2.54. The van der Waals surface area contributed by atoms with E-state index in [0.29, 0.717) is 30.6 Å². The van der Waals surface area contributed by atoms with Gasteiger partial charge in [0, 0.05) is 12.3 Å². The van der Waals surface area contributed by atoms with Crippen molar-refractivity contribution >= 4 is 16.4 Å². The number of hydrogen-bond acceptors (Lipinski definition) is 5. The SMILES string of the molecule is CC.CC1C(OS(=O)(=O)O)CCC2(C)C1CCCC1(C)C(C3CCC(=O)O3)CCC12. The van der Waals surface area contributed by atoms with E-state index < -0.39 is 16.5 Å². The predicted octanol–water partition coefficient (Wildman–Crippen LogP) is 5.18. The first-order chi connectivity index (χ1) is 14.0. The quantitative estimate of drug-likeness (QED) is 0.477. The van der Waals surface area contributed by atoms with Crippen LogP contribution in [0.25, 0.3) is 0 Å². The third-order valence-electron chi connectivity index (χ3n) is 9.08. The minimum atomic E-state index is -4.43. The fraction of sp³-hybridized carbons (Fsp3) is 0.957. The number of ether oxygens (including phenoxy) is 1. The number of rotatable bonds is 3. The normalized spacial score (nSPS) is 46.1. The zero-order valence-electron chi connectivity index (χ0n) is 19.2. The number of cyclic esters (lactones) is 1. The summed E-state index contributed by atoms with van der Waals surface area (Å²) in [5.74, 6) is 1.40. The smallest absolute Gasteiger partial charge is 0.397 e. The molecule has 0 amide bonds. The van der Waals surface area contributed by atoms with Crippen LogP contribution in [0.3, 0.4) is 0 Å². The summed E-state index contributed by atoms with van der Waals surface area (Å²) >= 11 is 0. The first-order valence-corrected chi connectivity index (χ1v) is 13.3. The van der Waals surface area contributed by atoms with Crippen molar-refractivity contribution in [2.45, 2.75) is 105 Å². The number of fused-ring (bicyclic) bond motifs is 3. The van der Waals surface area contributed by atoms with Crippen LogP contribution < -0.4 is 0 Å². The van der Waals surface area contributed by atoms with Crippen molar-refractivity contribution in [1.82, 2.24) is 0 Å². The molecule has 1 N–H and O–H groups in total. The van der Waals surface area contributed by atoms with Crippen LogP contribution >= 0.6 is 0 Å². The minimum Gasteiger partial charge on any atom is -0.462 e. The van der Waals surface area contributed by atoms with E-state index in [4.69, 9.17) is 8.92 Å². The Morgan fingerprint density at radius 2 is 1.67 bits per heavy atom. The fourth-order valence-corrected chi connectivity index (χ4v) is 8.51. The largest absolute Gasteiger partial charge is 0.462 e. The van der Waals surface area contributed by atoms with E-state index in [1.807, 2.05) is 13.8 Å². The molecular formula is C23H40O6S. The summed E-state index contributed by atoms with van der Waals surface area (Å²) in [6.07, 6.45) is 8.17. The summed E-state index contributed by atoms with van der Waals surface area (Å²) in [7, 11) is -4.43. The monoisotopic (exact) mass is 444 g/mol. The highest BCUT2D eigenvalue weighted by Gasteiger charge is 2.61. The van der Waals surface area contributed by atoms with Crippen LogP contribution in [-0.4, -0.2) is 31.1 Å². The maximum absolute atomic E-state index is 11.7. The fourth-order valence-electron chi connectivity index (χ4n) is 7.93. The van der Waals surface area contributed by atoms with Crippen LogP contribution in [0.2, 0.25) is 0 Å². The second kappa shape index (κ2) is 8.70. The molecule has 4 fully saturated rings. The van der Waals surface area contributed by atoms with Gasteiger partial charge in [0.1, 0.15) is 6.10 Å². The van der Waals surface area contributed by atoms with Gasteiger partial charge in [-0.15, -0.1) is 0 Å². The molecule has 174 valence electrons. The van der Waals surface area contributed by atoms with Crippen molar-refractivity contribution in [1.29, 1.82) is 0 Å². The molecule has 3 saturated carbocycles. The van der Waals surface area contributed by atoms with Crippen molar-refractivity contribution in [2.24, 2.45) is 34.5 Å². The third kappa shape index (κ3) is 4.18. The van der Waals surface area contributed by atoms with Gasteiger partial charge >= 0.3 is 16.4 Å². The van der Waals surface area contributed by atoms with E-state index in [-0.39, 0.29) is 28.8 Å². The Balaban J connectivity index is 0.00000124. The lowest BCUT2D eigenvalue weighted by molar-refractivity contribution is -0.146. The van der Waals surface area contributed by atoms with E-state index in [2.05, 4.69) is 20.8 Å². The molecule has 6 nitrogen and oxygen atoms in total. The van der Waals surface area contributed by atoms with Crippen LogP contribution in [0.5, 0.6) is 0 Å². The summed E-state index contributed by atoms with van der Waals surface area (Å²) in [6, 6.07) is 0. The standard InChI is InChI=1S/C21H34O6S.C2H6/c1-13-14-5-4-11-20(2)15(17-7-9-19(22)26-17)6-8-18(20)21(14,3)12-10-16(13)27-28(23,24)25;1-2/h13-18H,4-12H2,1-3H3,(H,23,24,25);1-2H3. The number of carbonyl (C=O) groups excluding carboxylic acids is 1. The average Bonchev–Trinajstić information content (AvgIpc) is 3.22. The topological polar surface area (TPSA) is 89.9 Å². The molecule has 1 aliphatic heterocycles. The Morgan fingerprint density at radius 3 is 2.27 bits per heavy atom. The Kier molecular flexibility index (Phi) is 6.96. The Labute approximate surface area is 182 Å². The highest BCUT2D eigenvalue weighted by molar-refractivity contribution is 7.80. The first-order valence-electron chi connectivity index (χ1n) is 11.9. The predicted molar refractivity (Wildman–Crippen MR) is 115 cm³/mol. The summed E-state index contributed by atoms with van der Waals surface area (Å²) in [5.41, 5.74) is 0.288. The van der Waals surface area contributed by atoms with Crippen LogP contribution in [0, 0.1) is 34.5 Å². The summed E-state index contributed by atoms with van der Waals surface area (Å²) in [6.45, 7) is 10.9. The van der Waals surface area contributed by atoms with E-state index in [1.165, 1.54) is 0 Å². The van der Waals surface area contributed by atoms with E-state index >= 15 is 0 Å². The van der Waals surface area contributed by atoms with E-state index in [0.717, 1.165) is 44.9 Å². The second-order valence-corrected chi connectivity index (χ2v) is 11.3. The van der Waals surface area contributed by atoms with Gasteiger partial charge in [-0.05, 0) is 73.5 Å². The molecule has 0 aromatic rings. The Hall–Kier alpha value is -0.660. The van der Waals surface area contributed by atoms with Crippen LogP contribution in [-0.2, 0) is 24.1 Å². The average molecular weight is 445 g/mol. The first kappa shape index (κ1) is 24.0. The van der Waals surface area contributed by atoms with Crippen molar-refractivity contribution in [3.63, 3.8) is 0 Å². The van der Waals surface area contributed by atoms with Crippen LogP contribution in [0.1, 0.15) is 92.4 Å². The third-order valence-corrected chi connectivity index (χ3v) is 9.57. The number of carbonyl (C=O) groups is 1. The highest BCUT2D eigenvalue weighted by Crippen LogP contribution is 2.67. The van der Waals surface area contributed by atoms with Gasteiger partial charge in [0.05, 0.1) is 6.10 Å². The van der Waals surface area contributed by atoms with Gasteiger partial charge in [-0.25, -0.2) is 4.18 Å². The molecular weight excluding hydrogens is 404 g/mol. The van der Waals surface area contributed by atoms with Gasteiger partial charge in [-0.3, -0.25) is 9.35 Å². The lowest BCUT2D eigenvalue weighted by Crippen LogP contribution is -2.50. The number of hydrogen-bond donors (Lipinski definition) is 1. The van der Waals surface area contributed by atoms with Crippen molar-refractivity contribution in [3.8, 4) is 0 Å². The molecule has 8 atom stereocenters. The molecule has 0 spiro atoms. The minimum absolute atomic E-state index is 0.0498. The molecule has 7 heteroatoms. The summed E-state index contributed by atoms with van der Waals surface area (Å²) in [4.78, 5) is 11.7. The lowest BCUT2D eigenvalue weighted by atomic mass is 9.52. The molecule has 4 aliphatic rings. The maximum atomic E-state index is 11.7. The molecule has 8 unspecified atom stereocenters. The molecule has 1 saturated heterocycles. The molecule has 0 aromatic carbocycles. The summed E-state index contributed by atoms with van der Waals surface area (Å²) < 4.78 is 42.5. The van der Waals surface area contributed by atoms with Crippen molar-refractivity contribution < 1.29 is 26.7 Å². The molecule has 0 radical (unpaired) electrons. The van der Waals surface area contributed by atoms with Crippen LogP contribution in [0.4, 0.5) is 0 Å². The Morgan fingerprint density at radius 1 is 1.00 bits per heavy atom. The van der Waals surface area contributed by atoms with E-state index in [1.54, 1.807) is 0 Å². The van der Waals surface area contributed by atoms with Crippen LogP contribution in [0.15, 0.2) is 0 Å². The van der Waals surface area contributed by atoms with Gasteiger partial charge in [-0.1, -0.05) is 41.0 Å². The zero-order valence-corrected chi connectivity index (χ0v) is 20.0. The Bertz CT molecular complexity index is 736. The van der Waals surface area contributed by atoms with Crippen molar-refractivity contribution in [3.05, 3.63) is 0 Å². The molecule has 1 heterocycles. The van der Waals surface area contributed by atoms with Gasteiger partial charge in [-0.2, -0.15) is 8.42 Å².